The minimum atomic E-state index is -0.914. The predicted molar refractivity (Wildman–Crippen MR) is 43.1 cm³/mol. The van der Waals surface area contributed by atoms with E-state index in [2.05, 4.69) is 5.32 Å². The minimum absolute atomic E-state index is 0.00898. The molecule has 1 aliphatic heterocycles. The molecular weight excluding hydrogens is 160 g/mol. The highest BCUT2D eigenvalue weighted by molar-refractivity contribution is 5.65. The molecule has 70 valence electrons. The molecule has 1 amide bonds. The first-order valence-corrected chi connectivity index (χ1v) is 3.99. The molecule has 3 N–H and O–H groups in total. The Hall–Kier alpha value is -0.810. The van der Waals surface area contributed by atoms with Gasteiger partial charge in [-0.2, -0.15) is 0 Å². The molecule has 1 fully saturated rings. The summed E-state index contributed by atoms with van der Waals surface area (Å²) in [6, 6.07) is -0.123. The second-order valence-electron chi connectivity index (χ2n) is 3.07. The topological polar surface area (TPSA) is 72.8 Å². The van der Waals surface area contributed by atoms with Crippen LogP contribution in [0.3, 0.4) is 0 Å². The maximum absolute atomic E-state index is 10.6. The molecule has 0 radical (unpaired) electrons. The molecule has 5 heteroatoms. The first kappa shape index (κ1) is 9.28. The summed E-state index contributed by atoms with van der Waals surface area (Å²) in [5, 5.41) is 20.6. The lowest BCUT2D eigenvalue weighted by Crippen LogP contribution is -2.58. The molecule has 0 aliphatic carbocycles. The van der Waals surface area contributed by atoms with Gasteiger partial charge in [0.15, 0.2) is 0 Å². The molecule has 2 atom stereocenters. The van der Waals surface area contributed by atoms with E-state index in [1.807, 2.05) is 6.92 Å². The Morgan fingerprint density at radius 2 is 2.42 bits per heavy atom. The number of carbonyl (C=O) groups is 1. The van der Waals surface area contributed by atoms with Gasteiger partial charge in [0.05, 0.1) is 6.61 Å². The van der Waals surface area contributed by atoms with Crippen molar-refractivity contribution in [2.24, 2.45) is 0 Å². The fraction of sp³-hybridized carbons (Fsp3) is 0.857. The van der Waals surface area contributed by atoms with Crippen molar-refractivity contribution in [3.8, 4) is 0 Å². The quantitative estimate of drug-likeness (QED) is 0.492. The van der Waals surface area contributed by atoms with E-state index in [1.54, 1.807) is 0 Å². The van der Waals surface area contributed by atoms with Crippen LogP contribution < -0.4 is 5.32 Å². The summed E-state index contributed by atoms with van der Waals surface area (Å²) >= 11 is 0. The van der Waals surface area contributed by atoms with Crippen LogP contribution in [0.15, 0.2) is 0 Å². The van der Waals surface area contributed by atoms with Crippen molar-refractivity contribution in [1.82, 2.24) is 10.2 Å². The largest absolute Gasteiger partial charge is 0.465 e. The lowest BCUT2D eigenvalue weighted by atomic mass is 10.1. The van der Waals surface area contributed by atoms with E-state index in [-0.39, 0.29) is 18.7 Å². The van der Waals surface area contributed by atoms with Gasteiger partial charge in [0.25, 0.3) is 0 Å². The van der Waals surface area contributed by atoms with E-state index in [4.69, 9.17) is 10.2 Å². The van der Waals surface area contributed by atoms with Crippen molar-refractivity contribution < 1.29 is 15.0 Å². The zero-order valence-electron chi connectivity index (χ0n) is 7.03. The Labute approximate surface area is 71.0 Å². The van der Waals surface area contributed by atoms with Crippen LogP contribution in [0.2, 0.25) is 0 Å². The number of nitrogens with zero attached hydrogens (tertiary/aromatic N) is 1. The molecule has 1 rings (SSSR count). The van der Waals surface area contributed by atoms with Crippen LogP contribution in [-0.2, 0) is 0 Å². The maximum Gasteiger partial charge on any atom is 0.407 e. The summed E-state index contributed by atoms with van der Waals surface area (Å²) in [4.78, 5) is 12.0. The lowest BCUT2D eigenvalue weighted by molar-refractivity contribution is 0.0904. The molecular formula is C7H14N2O3. The van der Waals surface area contributed by atoms with Crippen molar-refractivity contribution in [2.75, 3.05) is 19.7 Å². The first-order chi connectivity index (χ1) is 5.65. The summed E-state index contributed by atoms with van der Waals surface area (Å²) in [7, 11) is 0. The van der Waals surface area contributed by atoms with E-state index < -0.39 is 6.09 Å². The monoisotopic (exact) mass is 174 g/mol. The van der Waals surface area contributed by atoms with Gasteiger partial charge < -0.3 is 20.4 Å². The second-order valence-corrected chi connectivity index (χ2v) is 3.07. The van der Waals surface area contributed by atoms with Crippen LogP contribution in [-0.4, -0.2) is 53.0 Å². The highest BCUT2D eigenvalue weighted by atomic mass is 16.4. The van der Waals surface area contributed by atoms with Crippen LogP contribution in [0.5, 0.6) is 0 Å². The van der Waals surface area contributed by atoms with Gasteiger partial charge in [-0.15, -0.1) is 0 Å². The highest BCUT2D eigenvalue weighted by Crippen LogP contribution is 2.06. The molecule has 0 saturated carbocycles. The molecule has 0 aromatic heterocycles. The van der Waals surface area contributed by atoms with Gasteiger partial charge in [0.2, 0.25) is 0 Å². The molecule has 0 unspecified atom stereocenters. The minimum Gasteiger partial charge on any atom is -0.465 e. The fourth-order valence-electron chi connectivity index (χ4n) is 1.32. The van der Waals surface area contributed by atoms with E-state index in [0.29, 0.717) is 13.1 Å². The maximum atomic E-state index is 10.6. The van der Waals surface area contributed by atoms with Gasteiger partial charge in [0.1, 0.15) is 0 Å². The summed E-state index contributed by atoms with van der Waals surface area (Å²) in [5.41, 5.74) is 0. The van der Waals surface area contributed by atoms with Gasteiger partial charge in [-0.05, 0) is 6.92 Å². The number of nitrogens with one attached hydrogen (secondary N) is 1. The Balaban J connectivity index is 2.53. The SMILES string of the molecule is C[C@H]1CN[C@@H](CO)CN1C(=O)O. The van der Waals surface area contributed by atoms with Gasteiger partial charge in [0, 0.05) is 25.2 Å². The van der Waals surface area contributed by atoms with Gasteiger partial charge >= 0.3 is 6.09 Å². The Kier molecular flexibility index (Phi) is 2.88. The van der Waals surface area contributed by atoms with Crippen molar-refractivity contribution in [3.63, 3.8) is 0 Å². The molecule has 1 saturated heterocycles. The van der Waals surface area contributed by atoms with Crippen molar-refractivity contribution in [1.29, 1.82) is 0 Å². The van der Waals surface area contributed by atoms with Crippen molar-refractivity contribution in [2.45, 2.75) is 19.0 Å². The Bertz CT molecular complexity index is 174. The standard InChI is InChI=1S/C7H14N2O3/c1-5-2-8-6(4-10)3-9(5)7(11)12/h5-6,8,10H,2-4H2,1H3,(H,11,12)/t5-,6+/m0/s1. The Morgan fingerprint density at radius 3 is 2.92 bits per heavy atom. The van der Waals surface area contributed by atoms with E-state index in [0.717, 1.165) is 0 Å². The van der Waals surface area contributed by atoms with Crippen LogP contribution in [0.25, 0.3) is 0 Å². The summed E-state index contributed by atoms with van der Waals surface area (Å²) in [6.07, 6.45) is -0.914. The fourth-order valence-corrected chi connectivity index (χ4v) is 1.32. The van der Waals surface area contributed by atoms with Gasteiger partial charge in [-0.25, -0.2) is 4.79 Å². The number of aliphatic hydroxyl groups excluding tert-OH is 1. The average Bonchev–Trinajstić information content (AvgIpc) is 2.05. The number of hydrogen-bond acceptors (Lipinski definition) is 3. The summed E-state index contributed by atoms with van der Waals surface area (Å²) in [6.45, 7) is 2.80. The highest BCUT2D eigenvalue weighted by Gasteiger charge is 2.27. The van der Waals surface area contributed by atoms with Crippen LogP contribution in [0.1, 0.15) is 6.92 Å². The van der Waals surface area contributed by atoms with Crippen LogP contribution >= 0.6 is 0 Å². The predicted octanol–water partition coefficient (Wildman–Crippen LogP) is -0.681. The number of hydrogen-bond donors (Lipinski definition) is 3. The zero-order chi connectivity index (χ0) is 9.14. The molecule has 1 heterocycles. The first-order valence-electron chi connectivity index (χ1n) is 3.99. The van der Waals surface area contributed by atoms with E-state index >= 15 is 0 Å². The zero-order valence-corrected chi connectivity index (χ0v) is 7.03. The molecule has 0 bridgehead atoms. The Morgan fingerprint density at radius 1 is 1.75 bits per heavy atom. The second kappa shape index (κ2) is 3.73. The van der Waals surface area contributed by atoms with Gasteiger partial charge in [-0.1, -0.05) is 0 Å². The number of rotatable bonds is 1. The molecule has 0 spiro atoms. The van der Waals surface area contributed by atoms with Crippen LogP contribution in [0.4, 0.5) is 4.79 Å². The van der Waals surface area contributed by atoms with Crippen molar-refractivity contribution >= 4 is 6.09 Å². The normalized spacial score (nSPS) is 30.3. The average molecular weight is 174 g/mol. The molecule has 1 aliphatic rings. The molecule has 0 aromatic rings. The number of amides is 1. The van der Waals surface area contributed by atoms with Crippen molar-refractivity contribution in [3.05, 3.63) is 0 Å². The third-order valence-corrected chi connectivity index (χ3v) is 2.12. The number of aliphatic hydroxyl groups is 1. The summed E-state index contributed by atoms with van der Waals surface area (Å²) in [5.74, 6) is 0. The summed E-state index contributed by atoms with van der Waals surface area (Å²) < 4.78 is 0. The smallest absolute Gasteiger partial charge is 0.407 e. The number of piperazine rings is 1. The third kappa shape index (κ3) is 1.86. The molecule has 0 aromatic carbocycles. The van der Waals surface area contributed by atoms with E-state index in [9.17, 15) is 4.79 Å². The van der Waals surface area contributed by atoms with Crippen LogP contribution in [0, 0.1) is 0 Å². The number of carboxylic acid groups (broad SMARTS) is 1. The van der Waals surface area contributed by atoms with E-state index in [1.165, 1.54) is 4.90 Å². The molecule has 12 heavy (non-hydrogen) atoms. The third-order valence-electron chi connectivity index (χ3n) is 2.12. The lowest BCUT2D eigenvalue weighted by Gasteiger charge is -2.36. The molecule has 5 nitrogen and oxygen atoms in total. The van der Waals surface area contributed by atoms with Gasteiger partial charge in [-0.3, -0.25) is 0 Å².